The Morgan fingerprint density at radius 3 is 2.67 bits per heavy atom. The van der Waals surface area contributed by atoms with E-state index in [4.69, 9.17) is 14.2 Å². The molecule has 174 valence electrons. The zero-order valence-corrected chi connectivity index (χ0v) is 18.1. The number of ether oxygens (including phenoxy) is 3. The minimum Gasteiger partial charge on any atom is -0.491 e. The molecular formula is C22H19F3N2O5S. The van der Waals surface area contributed by atoms with E-state index in [2.05, 4.69) is 10.3 Å². The highest BCUT2D eigenvalue weighted by Crippen LogP contribution is 2.35. The first-order valence-corrected chi connectivity index (χ1v) is 10.7. The Kier molecular flexibility index (Phi) is 6.43. The third-order valence-corrected chi connectivity index (χ3v) is 5.95. The molecule has 33 heavy (non-hydrogen) atoms. The fraction of sp³-hybridized carbons (Fsp3) is 0.273. The van der Waals surface area contributed by atoms with Gasteiger partial charge in [-0.3, -0.25) is 4.79 Å². The molecular weight excluding hydrogens is 461 g/mol. The van der Waals surface area contributed by atoms with E-state index < -0.39 is 23.8 Å². The normalized spacial score (nSPS) is 13.6. The van der Waals surface area contributed by atoms with Gasteiger partial charge in [0.15, 0.2) is 11.5 Å². The van der Waals surface area contributed by atoms with Crippen LogP contribution in [0.15, 0.2) is 42.5 Å². The average molecular weight is 480 g/mol. The molecule has 3 aromatic rings. The molecule has 0 bridgehead atoms. The van der Waals surface area contributed by atoms with Crippen molar-refractivity contribution in [3.63, 3.8) is 0 Å². The van der Waals surface area contributed by atoms with Gasteiger partial charge in [-0.2, -0.15) is 13.2 Å². The third-order valence-electron chi connectivity index (χ3n) is 4.75. The van der Waals surface area contributed by atoms with E-state index >= 15 is 0 Å². The summed E-state index contributed by atoms with van der Waals surface area (Å²) < 4.78 is 54.2. The van der Waals surface area contributed by atoms with Crippen LogP contribution in [-0.2, 0) is 6.18 Å². The average Bonchev–Trinajstić information content (AvgIpc) is 3.41. The number of carbonyl (C=O) groups excluding carboxylic acids is 1. The summed E-state index contributed by atoms with van der Waals surface area (Å²) in [6, 6.07) is 9.62. The number of thiazole rings is 1. The Hall–Kier alpha value is -3.31. The van der Waals surface area contributed by atoms with Gasteiger partial charge in [0.1, 0.15) is 28.3 Å². The fourth-order valence-electron chi connectivity index (χ4n) is 3.04. The Bertz CT molecular complexity index is 1150. The SMILES string of the molecule is Cc1nc(-c2ccc(C(F)(F)F)cc2)sc1C(=O)NCC(O)COc1ccc2c(c1)OCO2. The molecule has 7 nitrogen and oxygen atoms in total. The van der Waals surface area contributed by atoms with Gasteiger partial charge in [0.2, 0.25) is 6.79 Å². The van der Waals surface area contributed by atoms with Gasteiger partial charge < -0.3 is 24.6 Å². The number of nitrogens with one attached hydrogen (secondary N) is 1. The number of aromatic nitrogens is 1. The second-order valence-corrected chi connectivity index (χ2v) is 8.20. The molecule has 1 unspecified atom stereocenters. The highest BCUT2D eigenvalue weighted by atomic mass is 32.1. The van der Waals surface area contributed by atoms with Crippen molar-refractivity contribution in [3.05, 3.63) is 58.6 Å². The van der Waals surface area contributed by atoms with Gasteiger partial charge in [-0.25, -0.2) is 4.98 Å². The molecule has 1 amide bonds. The first-order valence-electron chi connectivity index (χ1n) is 9.84. The summed E-state index contributed by atoms with van der Waals surface area (Å²) in [6.45, 7) is 1.66. The molecule has 4 rings (SSSR count). The number of benzene rings is 2. The monoisotopic (exact) mass is 480 g/mol. The van der Waals surface area contributed by atoms with Gasteiger partial charge in [-0.1, -0.05) is 12.1 Å². The lowest BCUT2D eigenvalue weighted by Crippen LogP contribution is -2.35. The van der Waals surface area contributed by atoms with Crippen LogP contribution in [-0.4, -0.2) is 42.0 Å². The van der Waals surface area contributed by atoms with E-state index in [1.165, 1.54) is 12.1 Å². The molecule has 0 saturated heterocycles. The van der Waals surface area contributed by atoms with Crippen LogP contribution in [0, 0.1) is 6.92 Å². The Balaban J connectivity index is 1.31. The Morgan fingerprint density at radius 1 is 1.21 bits per heavy atom. The number of aryl methyl sites for hydroxylation is 1. The van der Waals surface area contributed by atoms with Gasteiger partial charge in [-0.05, 0) is 31.2 Å². The van der Waals surface area contributed by atoms with Gasteiger partial charge in [-0.15, -0.1) is 11.3 Å². The molecule has 0 spiro atoms. The largest absolute Gasteiger partial charge is 0.491 e. The van der Waals surface area contributed by atoms with Crippen LogP contribution in [0.1, 0.15) is 20.9 Å². The van der Waals surface area contributed by atoms with Crippen molar-refractivity contribution in [2.24, 2.45) is 0 Å². The molecule has 2 heterocycles. The number of carbonyl (C=O) groups is 1. The first kappa shape index (κ1) is 22.9. The topological polar surface area (TPSA) is 89.9 Å². The molecule has 11 heteroatoms. The maximum Gasteiger partial charge on any atom is 0.416 e. The molecule has 0 radical (unpaired) electrons. The molecule has 1 atom stereocenters. The maximum absolute atomic E-state index is 12.7. The minimum absolute atomic E-state index is 0.0571. The van der Waals surface area contributed by atoms with Crippen LogP contribution >= 0.6 is 11.3 Å². The summed E-state index contributed by atoms with van der Waals surface area (Å²) in [6.07, 6.45) is -5.39. The maximum atomic E-state index is 12.7. The summed E-state index contributed by atoms with van der Waals surface area (Å²) in [5.74, 6) is 1.22. The minimum atomic E-state index is -4.42. The van der Waals surface area contributed by atoms with E-state index in [9.17, 15) is 23.1 Å². The van der Waals surface area contributed by atoms with Crippen molar-refractivity contribution in [1.82, 2.24) is 10.3 Å². The van der Waals surface area contributed by atoms with Crippen LogP contribution < -0.4 is 19.5 Å². The standard InChI is InChI=1S/C22H19F3N2O5S/c1-12-19(33-21(27-12)13-2-4-14(5-3-13)22(23,24)25)20(29)26-9-15(28)10-30-16-6-7-17-18(8-16)32-11-31-17/h2-8,15,28H,9-11H2,1H3,(H,26,29). The van der Waals surface area contributed by atoms with Crippen LogP contribution in [0.5, 0.6) is 17.2 Å². The smallest absolute Gasteiger partial charge is 0.416 e. The van der Waals surface area contributed by atoms with Crippen LogP contribution in [0.4, 0.5) is 13.2 Å². The van der Waals surface area contributed by atoms with Crippen LogP contribution in [0.25, 0.3) is 10.6 Å². The zero-order valence-electron chi connectivity index (χ0n) is 17.3. The van der Waals surface area contributed by atoms with E-state index in [1.54, 1.807) is 25.1 Å². The highest BCUT2D eigenvalue weighted by Gasteiger charge is 2.30. The number of hydrogen-bond donors (Lipinski definition) is 2. The predicted molar refractivity (Wildman–Crippen MR) is 114 cm³/mol. The molecule has 2 aromatic carbocycles. The number of amides is 1. The number of nitrogens with zero attached hydrogens (tertiary/aromatic N) is 1. The highest BCUT2D eigenvalue weighted by molar-refractivity contribution is 7.17. The zero-order chi connectivity index (χ0) is 23.6. The second-order valence-electron chi connectivity index (χ2n) is 7.20. The molecule has 1 aliphatic heterocycles. The molecule has 0 fully saturated rings. The van der Waals surface area contributed by atoms with E-state index in [0.717, 1.165) is 23.5 Å². The molecule has 1 aromatic heterocycles. The number of halogens is 3. The van der Waals surface area contributed by atoms with Gasteiger partial charge in [0.25, 0.3) is 5.91 Å². The number of alkyl halides is 3. The van der Waals surface area contributed by atoms with Gasteiger partial charge in [0, 0.05) is 18.2 Å². The number of fused-ring (bicyclic) bond motifs is 1. The van der Waals surface area contributed by atoms with Crippen molar-refractivity contribution >= 4 is 17.2 Å². The van der Waals surface area contributed by atoms with Crippen molar-refractivity contribution in [3.8, 4) is 27.8 Å². The lowest BCUT2D eigenvalue weighted by atomic mass is 10.1. The number of rotatable bonds is 7. The molecule has 0 aliphatic carbocycles. The van der Waals surface area contributed by atoms with Crippen molar-refractivity contribution in [2.75, 3.05) is 19.9 Å². The number of aliphatic hydroxyl groups excluding tert-OH is 1. The van der Waals surface area contributed by atoms with E-state index in [0.29, 0.717) is 38.4 Å². The van der Waals surface area contributed by atoms with Crippen molar-refractivity contribution in [1.29, 1.82) is 0 Å². The number of aliphatic hydroxyl groups is 1. The third kappa shape index (κ3) is 5.37. The summed E-state index contributed by atoms with van der Waals surface area (Å²) >= 11 is 1.06. The van der Waals surface area contributed by atoms with Gasteiger partial charge in [0.05, 0.1) is 11.3 Å². The van der Waals surface area contributed by atoms with E-state index in [1.807, 2.05) is 0 Å². The predicted octanol–water partition coefficient (Wildman–Crippen LogP) is 4.04. The second kappa shape index (κ2) is 9.28. The summed E-state index contributed by atoms with van der Waals surface area (Å²) in [7, 11) is 0. The molecule has 2 N–H and O–H groups in total. The quantitative estimate of drug-likeness (QED) is 0.531. The summed E-state index contributed by atoms with van der Waals surface area (Å²) in [5, 5.41) is 13.2. The molecule has 1 aliphatic rings. The summed E-state index contributed by atoms with van der Waals surface area (Å²) in [5.41, 5.74) is 0.167. The first-order chi connectivity index (χ1) is 15.7. The van der Waals surface area contributed by atoms with Crippen molar-refractivity contribution in [2.45, 2.75) is 19.2 Å². The lowest BCUT2D eigenvalue weighted by Gasteiger charge is -2.13. The molecule has 0 saturated carbocycles. The Morgan fingerprint density at radius 2 is 1.94 bits per heavy atom. The van der Waals surface area contributed by atoms with Gasteiger partial charge >= 0.3 is 6.18 Å². The number of hydrogen-bond acceptors (Lipinski definition) is 7. The lowest BCUT2D eigenvalue weighted by molar-refractivity contribution is -0.137. The van der Waals surface area contributed by atoms with E-state index in [-0.39, 0.29) is 19.9 Å². The van der Waals surface area contributed by atoms with Crippen LogP contribution in [0.2, 0.25) is 0 Å². The summed E-state index contributed by atoms with van der Waals surface area (Å²) in [4.78, 5) is 17.1. The van der Waals surface area contributed by atoms with Crippen molar-refractivity contribution < 1.29 is 37.3 Å². The fourth-order valence-corrected chi connectivity index (χ4v) is 4.03. The Labute approximate surface area is 190 Å². The van der Waals surface area contributed by atoms with Crippen LogP contribution in [0.3, 0.4) is 0 Å².